The minimum Gasteiger partial charge on any atom is -0.490 e. The van der Waals surface area contributed by atoms with Crippen molar-refractivity contribution in [3.63, 3.8) is 0 Å². The van der Waals surface area contributed by atoms with E-state index in [1.807, 2.05) is 6.92 Å². The molecule has 3 unspecified atom stereocenters. The summed E-state index contributed by atoms with van der Waals surface area (Å²) < 4.78 is 76.6. The van der Waals surface area contributed by atoms with E-state index in [0.29, 0.717) is 18.4 Å². The Morgan fingerprint density at radius 1 is 1.03 bits per heavy atom. The molecular weight excluding hydrogens is 464 g/mol. The minimum atomic E-state index is -3.50. The summed E-state index contributed by atoms with van der Waals surface area (Å²) in [7, 11) is 0. The van der Waals surface area contributed by atoms with Gasteiger partial charge in [-0.1, -0.05) is 39.5 Å². The lowest BCUT2D eigenvalue weighted by Gasteiger charge is -2.33. The number of rotatable bonds is 12. The first-order valence-electron chi connectivity index (χ1n) is 12.5. The van der Waals surface area contributed by atoms with E-state index in [0.717, 1.165) is 38.5 Å². The average Bonchev–Trinajstić information content (AvgIpc) is 3.58. The summed E-state index contributed by atoms with van der Waals surface area (Å²) >= 11 is 0. The number of alkyl halides is 2. The largest absolute Gasteiger partial charge is 0.490 e. The van der Waals surface area contributed by atoms with Crippen molar-refractivity contribution in [1.82, 2.24) is 9.97 Å². The van der Waals surface area contributed by atoms with Gasteiger partial charge in [-0.2, -0.15) is 4.39 Å². The maximum absolute atomic E-state index is 15.6. The first-order chi connectivity index (χ1) is 16.9. The van der Waals surface area contributed by atoms with Gasteiger partial charge >= 0.3 is 0 Å². The van der Waals surface area contributed by atoms with E-state index >= 15 is 8.78 Å². The van der Waals surface area contributed by atoms with Gasteiger partial charge in [0.2, 0.25) is 5.82 Å². The number of epoxide rings is 1. The van der Waals surface area contributed by atoms with Gasteiger partial charge in [0.1, 0.15) is 18.5 Å². The zero-order valence-corrected chi connectivity index (χ0v) is 20.2. The predicted molar refractivity (Wildman–Crippen MR) is 122 cm³/mol. The van der Waals surface area contributed by atoms with Gasteiger partial charge in [0.05, 0.1) is 31.0 Å². The van der Waals surface area contributed by atoms with Crippen LogP contribution in [0.4, 0.5) is 17.6 Å². The van der Waals surface area contributed by atoms with Gasteiger partial charge in [0.15, 0.2) is 17.3 Å². The van der Waals surface area contributed by atoms with Crippen LogP contribution in [0.1, 0.15) is 81.7 Å². The number of aromatic nitrogens is 2. The van der Waals surface area contributed by atoms with Crippen molar-refractivity contribution >= 4 is 0 Å². The second-order valence-electron chi connectivity index (χ2n) is 9.24. The molecule has 0 spiro atoms. The van der Waals surface area contributed by atoms with Crippen LogP contribution in [0.15, 0.2) is 18.5 Å². The normalized spacial score (nSPS) is 22.5. The highest BCUT2D eigenvalue weighted by atomic mass is 19.3. The number of hydrogen-bond donors (Lipinski definition) is 0. The molecule has 5 nitrogen and oxygen atoms in total. The summed E-state index contributed by atoms with van der Waals surface area (Å²) in [6.07, 6.45) is 8.56. The second-order valence-corrected chi connectivity index (χ2v) is 9.24. The standard InChI is InChI=1S/C26H32F4N2O3/c1-3-5-6-7-11-33-16-13-31-25(32-14-16)18-10-9-17-19(26(18,29)30)12-20(27)23(28)24(17)34-15-22-21(35-22)8-4-2/h12-14,18,21-22H,3-11,15H2,1-2H3. The number of benzene rings is 1. The zero-order chi connectivity index (χ0) is 25.0. The molecule has 1 saturated heterocycles. The van der Waals surface area contributed by atoms with Crippen LogP contribution in [0, 0.1) is 11.6 Å². The summed E-state index contributed by atoms with van der Waals surface area (Å²) in [6, 6.07) is 0.574. The fraction of sp³-hybridized carbons (Fsp3) is 0.615. The van der Waals surface area contributed by atoms with Gasteiger partial charge in [-0.05, 0) is 31.7 Å². The summed E-state index contributed by atoms with van der Waals surface area (Å²) in [5.74, 6) is -7.57. The van der Waals surface area contributed by atoms with Gasteiger partial charge in [0.25, 0.3) is 5.92 Å². The zero-order valence-electron chi connectivity index (χ0n) is 20.2. The second kappa shape index (κ2) is 11.1. The third-order valence-corrected chi connectivity index (χ3v) is 6.64. The minimum absolute atomic E-state index is 0.00447. The van der Waals surface area contributed by atoms with E-state index in [-0.39, 0.29) is 43.0 Å². The predicted octanol–water partition coefficient (Wildman–Crippen LogP) is 6.48. The first-order valence-corrected chi connectivity index (χ1v) is 12.5. The Bertz CT molecular complexity index is 1000. The Morgan fingerprint density at radius 2 is 1.80 bits per heavy atom. The fourth-order valence-corrected chi connectivity index (χ4v) is 4.61. The molecule has 1 aliphatic carbocycles. The quantitative estimate of drug-likeness (QED) is 0.191. The number of halogens is 4. The van der Waals surface area contributed by atoms with Crippen LogP contribution in [0.2, 0.25) is 0 Å². The summed E-state index contributed by atoms with van der Waals surface area (Å²) in [4.78, 5) is 8.22. The number of fused-ring (bicyclic) bond motifs is 1. The molecule has 1 aromatic heterocycles. The summed E-state index contributed by atoms with van der Waals surface area (Å²) in [6.45, 7) is 4.64. The maximum Gasteiger partial charge on any atom is 0.283 e. The Morgan fingerprint density at radius 3 is 2.51 bits per heavy atom. The molecule has 1 aliphatic heterocycles. The summed E-state index contributed by atoms with van der Waals surface area (Å²) in [5.41, 5.74) is -0.589. The van der Waals surface area contributed by atoms with Gasteiger partial charge in [0, 0.05) is 11.1 Å². The molecule has 2 aromatic rings. The topological polar surface area (TPSA) is 56.8 Å². The summed E-state index contributed by atoms with van der Waals surface area (Å²) in [5, 5.41) is 0. The van der Waals surface area contributed by atoms with E-state index in [9.17, 15) is 8.78 Å². The molecule has 2 aliphatic rings. The van der Waals surface area contributed by atoms with Crippen LogP contribution in [-0.4, -0.2) is 35.4 Å². The van der Waals surface area contributed by atoms with Crippen molar-refractivity contribution in [1.29, 1.82) is 0 Å². The van der Waals surface area contributed by atoms with Crippen molar-refractivity contribution in [2.75, 3.05) is 13.2 Å². The average molecular weight is 497 g/mol. The number of unbranched alkanes of at least 4 members (excludes halogenated alkanes) is 3. The highest BCUT2D eigenvalue weighted by Crippen LogP contribution is 2.51. The fourth-order valence-electron chi connectivity index (χ4n) is 4.61. The van der Waals surface area contributed by atoms with Crippen LogP contribution in [0.25, 0.3) is 0 Å². The maximum atomic E-state index is 15.6. The SMILES string of the molecule is CCCCCCOc1cnc(C2CCc3c(cc(F)c(F)c3OCC3OC3CCC)C2(F)F)nc1. The Balaban J connectivity index is 1.48. The van der Waals surface area contributed by atoms with Gasteiger partial charge in [-0.25, -0.2) is 23.1 Å². The van der Waals surface area contributed by atoms with Gasteiger partial charge < -0.3 is 14.2 Å². The molecule has 0 saturated carbocycles. The molecule has 1 fully saturated rings. The molecule has 0 bridgehead atoms. The highest BCUT2D eigenvalue weighted by Gasteiger charge is 2.50. The third-order valence-electron chi connectivity index (χ3n) is 6.64. The smallest absolute Gasteiger partial charge is 0.283 e. The van der Waals surface area contributed by atoms with E-state index in [4.69, 9.17) is 14.2 Å². The van der Waals surface area contributed by atoms with Crippen molar-refractivity contribution in [3.8, 4) is 11.5 Å². The third kappa shape index (κ3) is 5.71. The van der Waals surface area contributed by atoms with Crippen molar-refractivity contribution in [3.05, 3.63) is 47.0 Å². The molecule has 3 atom stereocenters. The molecule has 4 rings (SSSR count). The van der Waals surface area contributed by atoms with Gasteiger partial charge in [-0.15, -0.1) is 0 Å². The monoisotopic (exact) mass is 496 g/mol. The van der Waals surface area contributed by atoms with E-state index in [1.54, 1.807) is 0 Å². The molecule has 9 heteroatoms. The molecule has 192 valence electrons. The Labute approximate surface area is 203 Å². The molecule has 0 amide bonds. The lowest BCUT2D eigenvalue weighted by Crippen LogP contribution is -2.32. The van der Waals surface area contributed by atoms with Gasteiger partial charge in [-0.3, -0.25) is 0 Å². The van der Waals surface area contributed by atoms with Crippen LogP contribution in [0.3, 0.4) is 0 Å². The van der Waals surface area contributed by atoms with Crippen LogP contribution >= 0.6 is 0 Å². The highest BCUT2D eigenvalue weighted by molar-refractivity contribution is 5.47. The number of nitrogens with zero attached hydrogens (tertiary/aromatic N) is 2. The van der Waals surface area contributed by atoms with Crippen molar-refractivity contribution in [2.45, 2.75) is 89.3 Å². The van der Waals surface area contributed by atoms with Crippen LogP contribution < -0.4 is 9.47 Å². The Kier molecular flexibility index (Phi) is 8.14. The molecule has 0 radical (unpaired) electrons. The lowest BCUT2D eigenvalue weighted by atomic mass is 9.79. The van der Waals surface area contributed by atoms with E-state index < -0.39 is 34.8 Å². The molecular formula is C26H32F4N2O3. The molecule has 1 aromatic carbocycles. The molecule has 35 heavy (non-hydrogen) atoms. The lowest BCUT2D eigenvalue weighted by molar-refractivity contribution is -0.0470. The molecule has 0 N–H and O–H groups in total. The van der Waals surface area contributed by atoms with Crippen molar-refractivity contribution < 1.29 is 31.8 Å². The van der Waals surface area contributed by atoms with Crippen LogP contribution in [0.5, 0.6) is 11.5 Å². The number of hydrogen-bond acceptors (Lipinski definition) is 5. The van der Waals surface area contributed by atoms with Crippen LogP contribution in [-0.2, 0) is 17.1 Å². The Hall–Kier alpha value is -2.42. The molecule has 2 heterocycles. The first kappa shape index (κ1) is 25.7. The number of ether oxygens (including phenoxy) is 3. The van der Waals surface area contributed by atoms with Crippen molar-refractivity contribution in [2.24, 2.45) is 0 Å². The van der Waals surface area contributed by atoms with E-state index in [2.05, 4.69) is 16.9 Å². The van der Waals surface area contributed by atoms with E-state index in [1.165, 1.54) is 12.4 Å².